The standard InChI is InChI=1S/C44H34O2.C44H30O2/c2*1-2-8-21-15-23-13-14-24-17-28-18-25-16-22-9-7-12-29-32(22)36-38(25)43(28)31(46)20-27-11-6-4-3-5-10-26-19-30(45)39-34(21)35-33(23)37(24)44(27,43)41(35)40(36)42(26,29)39/h2,7,9,12-17,19-20,30-31,39,45-46H,1,3-6,8,10-11,18H2;2,7,9,12-17,19-20,39H,1,3-6,8,10-11,18H2/t30-,31?,39+,42-,43+,44+;39-,42+,43-,44-/m10/s1. The van der Waals surface area contributed by atoms with Crippen molar-refractivity contribution in [3.63, 3.8) is 0 Å². The fourth-order valence-corrected chi connectivity index (χ4v) is 27.0. The molecule has 440 valence electrons. The van der Waals surface area contributed by atoms with Crippen LogP contribution in [0.5, 0.6) is 0 Å². The molecule has 92 heavy (non-hydrogen) atoms. The Morgan fingerprint density at radius 1 is 0.467 bits per heavy atom. The molecule has 0 aromatic heterocycles. The highest BCUT2D eigenvalue weighted by molar-refractivity contribution is 6.35. The summed E-state index contributed by atoms with van der Waals surface area (Å²) in [6.07, 6.45) is 33.1. The summed E-state index contributed by atoms with van der Waals surface area (Å²) in [7, 11) is 0. The number of hydrogen-bond acceptors (Lipinski definition) is 4. The van der Waals surface area contributed by atoms with Crippen molar-refractivity contribution < 1.29 is 19.8 Å². The number of aliphatic hydroxyl groups excluding tert-OH is 2. The molecule has 1 unspecified atom stereocenters. The van der Waals surface area contributed by atoms with Crippen molar-refractivity contribution in [1.82, 2.24) is 0 Å². The highest BCUT2D eigenvalue weighted by atomic mass is 16.3. The molecule has 0 heterocycles. The zero-order valence-corrected chi connectivity index (χ0v) is 51.4. The van der Waals surface area contributed by atoms with Crippen LogP contribution in [0.3, 0.4) is 0 Å². The van der Waals surface area contributed by atoms with E-state index >= 15 is 4.79 Å². The van der Waals surface area contributed by atoms with E-state index in [1.807, 2.05) is 6.08 Å². The molecule has 8 aromatic rings. The Morgan fingerprint density at radius 2 is 1.03 bits per heavy atom. The van der Waals surface area contributed by atoms with Gasteiger partial charge in [0.15, 0.2) is 11.6 Å². The Bertz CT molecular complexity index is 5690. The number of ketones is 2. The molecule has 6 spiro atoms. The van der Waals surface area contributed by atoms with Crippen LogP contribution in [0, 0.1) is 0 Å². The molecular weight excluding hydrogens is 1120 g/mol. The Labute approximate surface area is 533 Å². The van der Waals surface area contributed by atoms with Gasteiger partial charge in [-0.25, -0.2) is 0 Å². The average molecular weight is 1190 g/mol. The zero-order chi connectivity index (χ0) is 60.1. The van der Waals surface area contributed by atoms with E-state index in [9.17, 15) is 15.0 Å². The molecule has 0 saturated carbocycles. The fourth-order valence-electron chi connectivity index (χ4n) is 27.0. The minimum Gasteiger partial charge on any atom is -0.388 e. The van der Waals surface area contributed by atoms with E-state index in [4.69, 9.17) is 0 Å². The highest BCUT2D eigenvalue weighted by Gasteiger charge is 2.81. The second-order valence-corrected chi connectivity index (χ2v) is 31.3. The van der Waals surface area contributed by atoms with E-state index in [2.05, 4.69) is 141 Å². The molecule has 4 nitrogen and oxygen atoms in total. The van der Waals surface area contributed by atoms with Gasteiger partial charge in [-0.15, -0.1) is 13.2 Å². The van der Waals surface area contributed by atoms with Gasteiger partial charge >= 0.3 is 0 Å². The van der Waals surface area contributed by atoms with Gasteiger partial charge in [0, 0.05) is 5.92 Å². The summed E-state index contributed by atoms with van der Waals surface area (Å²) >= 11 is 0. The number of fused-ring (bicyclic) bond motifs is 2. The van der Waals surface area contributed by atoms with Gasteiger partial charge in [0.05, 0.1) is 50.6 Å². The number of carbonyl (C=O) groups excluding carboxylic acids is 2. The van der Waals surface area contributed by atoms with Gasteiger partial charge in [-0.1, -0.05) is 169 Å². The maximum atomic E-state index is 15.3. The Balaban J connectivity index is 0.000000113. The lowest BCUT2D eigenvalue weighted by molar-refractivity contribution is -0.119. The minimum atomic E-state index is -0.724. The van der Waals surface area contributed by atoms with Gasteiger partial charge in [0.1, 0.15) is 0 Å². The summed E-state index contributed by atoms with van der Waals surface area (Å²) in [6.45, 7) is 8.44. The van der Waals surface area contributed by atoms with Crippen molar-refractivity contribution in [1.29, 1.82) is 0 Å². The molecule has 10 atom stereocenters. The van der Waals surface area contributed by atoms with Crippen molar-refractivity contribution in [2.75, 3.05) is 0 Å². The summed E-state index contributed by atoms with van der Waals surface area (Å²) in [5.74, 6) is 0.207. The topological polar surface area (TPSA) is 74.6 Å². The van der Waals surface area contributed by atoms with Gasteiger partial charge < -0.3 is 10.2 Å². The molecule has 0 fully saturated rings. The molecule has 2 N–H and O–H groups in total. The fraction of sp³-hybridized carbons (Fsp3) is 0.295. The maximum Gasteiger partial charge on any atom is 0.171 e. The first-order valence-electron chi connectivity index (χ1n) is 35.1. The number of aliphatic hydroxyl groups is 2. The predicted molar refractivity (Wildman–Crippen MR) is 366 cm³/mol. The predicted octanol–water partition coefficient (Wildman–Crippen LogP) is 17.2. The van der Waals surface area contributed by atoms with E-state index in [0.717, 1.165) is 89.9 Å². The van der Waals surface area contributed by atoms with Crippen LogP contribution in [0.15, 0.2) is 168 Å². The van der Waals surface area contributed by atoms with Gasteiger partial charge in [-0.2, -0.15) is 0 Å². The van der Waals surface area contributed by atoms with Gasteiger partial charge in [-0.05, 0) is 266 Å². The van der Waals surface area contributed by atoms with E-state index in [1.54, 1.807) is 0 Å². The molecule has 0 saturated heterocycles. The average Bonchev–Trinajstić information content (AvgIpc) is 1.43. The largest absolute Gasteiger partial charge is 0.388 e. The van der Waals surface area contributed by atoms with Crippen molar-refractivity contribution in [3.8, 4) is 0 Å². The first kappa shape index (κ1) is 49.1. The lowest BCUT2D eigenvalue weighted by Crippen LogP contribution is -2.57. The monoisotopic (exact) mass is 1180 g/mol. The van der Waals surface area contributed by atoms with E-state index < -0.39 is 44.7 Å². The number of allylic oxidation sites excluding steroid dienone is 13. The normalized spacial score (nSPS) is 33.5. The summed E-state index contributed by atoms with van der Waals surface area (Å²) in [5.41, 5.74) is 35.2. The molecule has 0 radical (unpaired) electrons. The minimum absolute atomic E-state index is 0.0697. The highest BCUT2D eigenvalue weighted by Crippen LogP contribution is 2.87. The summed E-state index contributed by atoms with van der Waals surface area (Å²) in [4.78, 5) is 30.2. The number of rotatable bonds is 4. The van der Waals surface area contributed by atoms with Gasteiger partial charge in [-0.3, -0.25) is 9.59 Å². The van der Waals surface area contributed by atoms with Crippen LogP contribution >= 0.6 is 0 Å². The lowest BCUT2D eigenvalue weighted by Gasteiger charge is -2.57. The van der Waals surface area contributed by atoms with E-state index in [-0.39, 0.29) is 17.6 Å². The van der Waals surface area contributed by atoms with Crippen LogP contribution < -0.4 is 0 Å². The molecule has 8 aromatic carbocycles. The smallest absolute Gasteiger partial charge is 0.171 e. The first-order chi connectivity index (χ1) is 45.2. The van der Waals surface area contributed by atoms with Crippen molar-refractivity contribution >= 4 is 89.1 Å². The lowest BCUT2D eigenvalue weighted by atomic mass is 9.44. The van der Waals surface area contributed by atoms with Crippen molar-refractivity contribution in [2.45, 2.75) is 159 Å². The molecule has 0 amide bonds. The molecular formula is C88H64O4. The number of benzene rings is 8. The third kappa shape index (κ3) is 4.27. The third-order valence-electron chi connectivity index (χ3n) is 28.7. The second kappa shape index (κ2) is 14.9. The summed E-state index contributed by atoms with van der Waals surface area (Å²) in [5, 5.41) is 35.9. The first-order valence-corrected chi connectivity index (χ1v) is 35.1. The van der Waals surface area contributed by atoms with Crippen LogP contribution in [-0.4, -0.2) is 34.0 Å². The quantitative estimate of drug-likeness (QED) is 0.172. The summed E-state index contributed by atoms with van der Waals surface area (Å²) < 4.78 is 0. The molecule has 0 aliphatic heterocycles. The van der Waals surface area contributed by atoms with Crippen molar-refractivity contribution in [3.05, 3.63) is 268 Å². The van der Waals surface area contributed by atoms with E-state index in [1.165, 1.54) is 212 Å². The van der Waals surface area contributed by atoms with Gasteiger partial charge in [0.25, 0.3) is 0 Å². The van der Waals surface area contributed by atoms with Gasteiger partial charge in [0.2, 0.25) is 0 Å². The van der Waals surface area contributed by atoms with Crippen LogP contribution in [-0.2, 0) is 67.8 Å². The second-order valence-electron chi connectivity index (χ2n) is 31.3. The van der Waals surface area contributed by atoms with Crippen LogP contribution in [0.25, 0.3) is 77.5 Å². The molecule has 4 heteroatoms. The maximum absolute atomic E-state index is 15.3. The Hall–Kier alpha value is -8.54. The molecule has 18 aliphatic rings. The SMILES string of the molecule is C=CCc1cc2ccc3c4c2c2c1[C@@H]1C(=O)C=C5CCCCCCC6=CC(=O)[C@@]78C(=C3)Cc3cc9cccc%10c9c(c37)C(=C2[C@]648)[C@]5%101.C=CCc1cc2ccc3c4c2c2c1[C@@H]1[C@H](O)C=C5CCCCCCC6=CC(O)[C@@]78C(=C3)Cc3cc9cccc%10c9c(c37)C(=C2[C@]648)[C@]5%101. The zero-order valence-electron chi connectivity index (χ0n) is 51.4. The molecule has 18 aliphatic carbocycles. The molecule has 8 bridgehead atoms. The number of carbonyl (C=O) groups is 2. The Morgan fingerprint density at radius 3 is 1.74 bits per heavy atom. The summed E-state index contributed by atoms with van der Waals surface area (Å²) in [6, 6.07) is 33.0. The van der Waals surface area contributed by atoms with E-state index in [0.29, 0.717) is 5.78 Å². The number of hydrogen-bond donors (Lipinski definition) is 2. The van der Waals surface area contributed by atoms with Crippen LogP contribution in [0.1, 0.15) is 189 Å². The van der Waals surface area contributed by atoms with Crippen LogP contribution in [0.4, 0.5) is 0 Å². The third-order valence-corrected chi connectivity index (χ3v) is 28.7. The van der Waals surface area contributed by atoms with Crippen LogP contribution in [0.2, 0.25) is 0 Å². The molecule has 26 rings (SSSR count). The van der Waals surface area contributed by atoms with Crippen molar-refractivity contribution in [2.24, 2.45) is 0 Å². The Kier molecular flexibility index (Phi) is 7.97.